The highest BCUT2D eigenvalue weighted by Gasteiger charge is 2.71. The Morgan fingerprint density at radius 1 is 1.14 bits per heavy atom. The molecule has 1 aliphatic carbocycles. The Labute approximate surface area is 79.5 Å². The lowest BCUT2D eigenvalue weighted by Gasteiger charge is -2.05. The normalized spacial score (nSPS) is 42.9. The zero-order chi connectivity index (χ0) is 10.7. The van der Waals surface area contributed by atoms with E-state index in [0.29, 0.717) is 0 Å². The largest absolute Gasteiger partial charge is 0.481 e. The van der Waals surface area contributed by atoms with Crippen molar-refractivity contribution >= 4 is 21.8 Å². The zero-order valence-corrected chi connectivity index (χ0v) is 7.77. The van der Waals surface area contributed by atoms with Crippen LogP contribution in [0.4, 0.5) is 0 Å². The number of rotatable bonds is 2. The second-order valence-corrected chi connectivity index (χ2v) is 5.88. The van der Waals surface area contributed by atoms with Gasteiger partial charge in [-0.15, -0.1) is 0 Å². The van der Waals surface area contributed by atoms with Crippen molar-refractivity contribution in [1.82, 2.24) is 0 Å². The molecule has 1 heterocycles. The van der Waals surface area contributed by atoms with Crippen molar-refractivity contribution in [3.63, 3.8) is 0 Å². The van der Waals surface area contributed by atoms with Crippen LogP contribution in [0.2, 0.25) is 0 Å². The van der Waals surface area contributed by atoms with E-state index in [4.69, 9.17) is 10.2 Å². The summed E-state index contributed by atoms with van der Waals surface area (Å²) in [5.41, 5.74) is 0. The van der Waals surface area contributed by atoms with Gasteiger partial charge in [0.1, 0.15) is 0 Å². The van der Waals surface area contributed by atoms with Crippen molar-refractivity contribution in [1.29, 1.82) is 0 Å². The van der Waals surface area contributed by atoms with Crippen LogP contribution in [0.25, 0.3) is 0 Å². The number of aliphatic carboxylic acids is 2. The molecule has 4 atom stereocenters. The van der Waals surface area contributed by atoms with Gasteiger partial charge in [-0.2, -0.15) is 0 Å². The molecule has 1 aliphatic heterocycles. The molecular weight excluding hydrogens is 212 g/mol. The molecule has 1 saturated carbocycles. The highest BCUT2D eigenvalue weighted by Crippen LogP contribution is 2.55. The summed E-state index contributed by atoms with van der Waals surface area (Å²) in [4.78, 5) is 21.2. The van der Waals surface area contributed by atoms with E-state index in [1.165, 1.54) is 0 Å². The number of fused-ring (bicyclic) bond motifs is 1. The summed E-state index contributed by atoms with van der Waals surface area (Å²) in [6.07, 6.45) is 0. The van der Waals surface area contributed by atoms with E-state index in [-0.39, 0.29) is 0 Å². The maximum absolute atomic E-state index is 11.3. The minimum absolute atomic E-state index is 0.415. The van der Waals surface area contributed by atoms with E-state index in [1.807, 2.05) is 0 Å². The highest BCUT2D eigenvalue weighted by molar-refractivity contribution is 7.92. The van der Waals surface area contributed by atoms with Crippen LogP contribution in [0, 0.1) is 17.8 Å². The van der Waals surface area contributed by atoms with Crippen molar-refractivity contribution in [2.45, 2.75) is 5.25 Å². The molecule has 2 N–H and O–H groups in total. The topological polar surface area (TPSA) is 109 Å². The first-order chi connectivity index (χ1) is 6.36. The molecule has 0 amide bonds. The Morgan fingerprint density at radius 2 is 1.71 bits per heavy atom. The first-order valence-corrected chi connectivity index (χ1v) is 5.75. The fraction of sp³-hybridized carbons (Fsp3) is 0.714. The third-order valence-corrected chi connectivity index (χ3v) is 5.16. The van der Waals surface area contributed by atoms with Gasteiger partial charge in [0.15, 0.2) is 9.84 Å². The molecule has 7 heteroatoms. The van der Waals surface area contributed by atoms with E-state index in [1.54, 1.807) is 0 Å². The lowest BCUT2D eigenvalue weighted by atomic mass is 10.1. The number of carbonyl (C=O) groups is 2. The van der Waals surface area contributed by atoms with Crippen LogP contribution in [0.5, 0.6) is 0 Å². The van der Waals surface area contributed by atoms with Gasteiger partial charge >= 0.3 is 11.9 Å². The Hall–Kier alpha value is -1.11. The van der Waals surface area contributed by atoms with Gasteiger partial charge in [-0.05, 0) is 0 Å². The second kappa shape index (κ2) is 2.47. The molecule has 2 rings (SSSR count). The fourth-order valence-electron chi connectivity index (χ4n) is 2.26. The number of hydrogen-bond donors (Lipinski definition) is 2. The summed E-state index contributed by atoms with van der Waals surface area (Å²) in [6, 6.07) is 0. The Morgan fingerprint density at radius 3 is 2.07 bits per heavy atom. The molecule has 2 aliphatic rings. The van der Waals surface area contributed by atoms with Crippen LogP contribution < -0.4 is 0 Å². The van der Waals surface area contributed by atoms with Crippen LogP contribution in [0.3, 0.4) is 0 Å². The van der Waals surface area contributed by atoms with Gasteiger partial charge in [0, 0.05) is 5.92 Å². The zero-order valence-electron chi connectivity index (χ0n) is 6.95. The maximum Gasteiger partial charge on any atom is 0.308 e. The summed E-state index contributed by atoms with van der Waals surface area (Å²) in [6.45, 7) is 0. The first kappa shape index (κ1) is 9.45. The van der Waals surface area contributed by atoms with Gasteiger partial charge < -0.3 is 10.2 Å². The molecule has 0 spiro atoms. The van der Waals surface area contributed by atoms with Crippen molar-refractivity contribution < 1.29 is 28.2 Å². The quantitative estimate of drug-likeness (QED) is 0.606. The summed E-state index contributed by atoms with van der Waals surface area (Å²) >= 11 is 0. The molecule has 2 fully saturated rings. The van der Waals surface area contributed by atoms with E-state index in [0.717, 1.165) is 0 Å². The molecular formula is C7H8O6S. The molecule has 6 nitrogen and oxygen atoms in total. The lowest BCUT2D eigenvalue weighted by Crippen LogP contribution is -2.24. The Bertz CT molecular complexity index is 410. The van der Waals surface area contributed by atoms with Crippen LogP contribution in [-0.2, 0) is 19.4 Å². The Kier molecular flexibility index (Phi) is 1.67. The van der Waals surface area contributed by atoms with Gasteiger partial charge in [-0.1, -0.05) is 0 Å². The van der Waals surface area contributed by atoms with E-state index in [9.17, 15) is 18.0 Å². The molecule has 14 heavy (non-hydrogen) atoms. The average molecular weight is 220 g/mol. The van der Waals surface area contributed by atoms with E-state index >= 15 is 0 Å². The molecule has 78 valence electrons. The monoisotopic (exact) mass is 220 g/mol. The number of carboxylic acids is 2. The molecule has 0 aromatic rings. The third-order valence-electron chi connectivity index (χ3n) is 2.90. The maximum atomic E-state index is 11.3. The van der Waals surface area contributed by atoms with Gasteiger partial charge in [0.2, 0.25) is 0 Å². The predicted octanol–water partition coefficient (Wildman–Crippen LogP) is -1.19. The van der Waals surface area contributed by atoms with Gasteiger partial charge in [0.05, 0.1) is 22.8 Å². The van der Waals surface area contributed by atoms with Crippen molar-refractivity contribution in [2.75, 3.05) is 5.75 Å². The van der Waals surface area contributed by atoms with Gasteiger partial charge in [-0.25, -0.2) is 8.42 Å². The minimum Gasteiger partial charge on any atom is -0.481 e. The van der Waals surface area contributed by atoms with Gasteiger partial charge in [0.25, 0.3) is 0 Å². The number of sulfone groups is 1. The smallest absolute Gasteiger partial charge is 0.308 e. The molecule has 0 aromatic heterocycles. The number of hydrogen-bond acceptors (Lipinski definition) is 4. The van der Waals surface area contributed by atoms with Crippen molar-refractivity contribution in [3.8, 4) is 0 Å². The molecule has 0 bridgehead atoms. The van der Waals surface area contributed by atoms with E-state index in [2.05, 4.69) is 0 Å². The predicted molar refractivity (Wildman–Crippen MR) is 43.3 cm³/mol. The van der Waals surface area contributed by atoms with Crippen LogP contribution in [0.1, 0.15) is 0 Å². The third kappa shape index (κ3) is 1.05. The van der Waals surface area contributed by atoms with Crippen molar-refractivity contribution in [3.05, 3.63) is 0 Å². The second-order valence-electron chi connectivity index (χ2n) is 3.68. The molecule has 4 unspecified atom stereocenters. The summed E-state index contributed by atoms with van der Waals surface area (Å²) in [5, 5.41) is 16.4. The molecule has 0 aromatic carbocycles. The highest BCUT2D eigenvalue weighted by atomic mass is 32.2. The average Bonchev–Trinajstić information content (AvgIpc) is 2.68. The van der Waals surface area contributed by atoms with E-state index < -0.39 is 50.5 Å². The molecule has 1 saturated heterocycles. The van der Waals surface area contributed by atoms with Crippen LogP contribution in [-0.4, -0.2) is 41.6 Å². The first-order valence-electron chi connectivity index (χ1n) is 4.03. The summed E-state index contributed by atoms with van der Waals surface area (Å²) in [7, 11) is -3.50. The Balaban J connectivity index is 2.32. The molecule has 0 radical (unpaired) electrons. The van der Waals surface area contributed by atoms with Gasteiger partial charge in [-0.3, -0.25) is 9.59 Å². The standard InChI is InChI=1S/C7H8O6S/c8-6(9)2-1-14(12,13)5-3(2)4(5)7(10)11/h2-5H,1H2,(H,8,9)(H,10,11). The van der Waals surface area contributed by atoms with Crippen LogP contribution >= 0.6 is 0 Å². The fourth-order valence-corrected chi connectivity index (χ4v) is 4.84. The summed E-state index contributed by atoms with van der Waals surface area (Å²) in [5.74, 6) is -5.60. The summed E-state index contributed by atoms with van der Waals surface area (Å²) < 4.78 is 22.6. The van der Waals surface area contributed by atoms with Crippen LogP contribution in [0.15, 0.2) is 0 Å². The lowest BCUT2D eigenvalue weighted by molar-refractivity contribution is -0.142. The number of carboxylic acid groups (broad SMARTS) is 2. The SMILES string of the molecule is O=C(O)C1CS(=O)(=O)C2C(C(=O)O)C12. The minimum atomic E-state index is -3.50. The van der Waals surface area contributed by atoms with Crippen molar-refractivity contribution in [2.24, 2.45) is 17.8 Å².